The SMILES string of the molecule is CN[C@H]1C[C@@H]2C[B]N2[C@H](C)C1. The Balaban J connectivity index is 1.95. The van der Waals surface area contributed by atoms with E-state index in [4.69, 9.17) is 0 Å². The minimum atomic E-state index is 0.764. The molecule has 3 atom stereocenters. The van der Waals surface area contributed by atoms with Crippen molar-refractivity contribution in [3.63, 3.8) is 0 Å². The van der Waals surface area contributed by atoms with Gasteiger partial charge in [0.2, 0.25) is 7.41 Å². The van der Waals surface area contributed by atoms with Crippen LogP contribution in [0, 0.1) is 0 Å². The number of hydrogen-bond acceptors (Lipinski definition) is 2. The first-order valence-electron chi connectivity index (χ1n) is 4.59. The van der Waals surface area contributed by atoms with Crippen molar-refractivity contribution in [2.24, 2.45) is 0 Å². The lowest BCUT2D eigenvalue weighted by atomic mass is 9.63. The molecule has 2 aliphatic heterocycles. The van der Waals surface area contributed by atoms with E-state index in [9.17, 15) is 0 Å². The average molecular weight is 151 g/mol. The third kappa shape index (κ3) is 1.21. The van der Waals surface area contributed by atoms with Crippen LogP contribution in [0.15, 0.2) is 0 Å². The Hall–Kier alpha value is -0.0151. The number of rotatable bonds is 1. The predicted octanol–water partition coefficient (Wildman–Crippen LogP) is 0.478. The lowest BCUT2D eigenvalue weighted by Crippen LogP contribution is -2.60. The summed E-state index contributed by atoms with van der Waals surface area (Å²) in [7, 11) is 4.43. The second-order valence-corrected chi connectivity index (χ2v) is 3.83. The molecule has 0 amide bonds. The first-order chi connectivity index (χ1) is 5.31. The lowest BCUT2D eigenvalue weighted by Gasteiger charge is -2.51. The fourth-order valence-electron chi connectivity index (χ4n) is 2.33. The Morgan fingerprint density at radius 2 is 2.27 bits per heavy atom. The molecule has 0 aliphatic carbocycles. The summed E-state index contributed by atoms with van der Waals surface area (Å²) in [6.45, 7) is 2.33. The molecule has 2 heterocycles. The summed E-state index contributed by atoms with van der Waals surface area (Å²) >= 11 is 0. The Morgan fingerprint density at radius 1 is 1.45 bits per heavy atom. The second kappa shape index (κ2) is 2.79. The molecule has 2 fully saturated rings. The van der Waals surface area contributed by atoms with Crippen LogP contribution in [0.2, 0.25) is 6.32 Å². The van der Waals surface area contributed by atoms with Crippen LogP contribution >= 0.6 is 0 Å². The van der Waals surface area contributed by atoms with Gasteiger partial charge in [-0.3, -0.25) is 0 Å². The number of hydrogen-bond donors (Lipinski definition) is 1. The van der Waals surface area contributed by atoms with Crippen LogP contribution in [-0.2, 0) is 0 Å². The number of nitrogens with zero attached hydrogens (tertiary/aromatic N) is 1. The molecule has 1 N–H and O–H groups in total. The summed E-state index contributed by atoms with van der Waals surface area (Å²) in [5.41, 5.74) is 0. The Kier molecular flexibility index (Phi) is 1.94. The van der Waals surface area contributed by atoms with Gasteiger partial charge in [0.1, 0.15) is 0 Å². The molecule has 2 saturated heterocycles. The van der Waals surface area contributed by atoms with Gasteiger partial charge in [-0.25, -0.2) is 0 Å². The molecule has 1 radical (unpaired) electrons. The first-order valence-corrected chi connectivity index (χ1v) is 4.59. The van der Waals surface area contributed by atoms with Crippen molar-refractivity contribution in [1.29, 1.82) is 0 Å². The van der Waals surface area contributed by atoms with Crippen molar-refractivity contribution in [2.75, 3.05) is 7.05 Å². The van der Waals surface area contributed by atoms with E-state index < -0.39 is 0 Å². The maximum atomic E-state index is 3.38. The Bertz CT molecular complexity index is 140. The molecular formula is C8H16BN2. The quantitative estimate of drug-likeness (QED) is 0.548. The zero-order valence-electron chi connectivity index (χ0n) is 7.38. The standard InChI is InChI=1S/C8H16BN2/c1-6-3-7(10-2)4-8-5-9-11(6)8/h6-8,10H,3-5H2,1-2H3/t6-,7-,8-/m1/s1. The van der Waals surface area contributed by atoms with Gasteiger partial charge in [-0.1, -0.05) is 6.92 Å². The Morgan fingerprint density at radius 3 is 2.73 bits per heavy atom. The van der Waals surface area contributed by atoms with Crippen LogP contribution in [0.4, 0.5) is 0 Å². The van der Waals surface area contributed by atoms with Gasteiger partial charge in [-0.15, -0.1) is 0 Å². The summed E-state index contributed by atoms with van der Waals surface area (Å²) < 4.78 is 0. The summed E-state index contributed by atoms with van der Waals surface area (Å²) in [5, 5.41) is 3.38. The van der Waals surface area contributed by atoms with Crippen LogP contribution in [0.5, 0.6) is 0 Å². The third-order valence-electron chi connectivity index (χ3n) is 3.11. The van der Waals surface area contributed by atoms with Crippen molar-refractivity contribution in [3.8, 4) is 0 Å². The van der Waals surface area contributed by atoms with Crippen LogP contribution in [-0.4, -0.2) is 37.4 Å². The lowest BCUT2D eigenvalue weighted by molar-refractivity contribution is 0.142. The molecule has 0 aromatic rings. The molecule has 11 heavy (non-hydrogen) atoms. The van der Waals surface area contributed by atoms with Crippen molar-refractivity contribution >= 4 is 7.41 Å². The van der Waals surface area contributed by atoms with E-state index in [0.717, 1.165) is 18.1 Å². The van der Waals surface area contributed by atoms with E-state index in [1.807, 2.05) is 0 Å². The molecular weight excluding hydrogens is 135 g/mol. The highest BCUT2D eigenvalue weighted by molar-refractivity contribution is 6.36. The van der Waals surface area contributed by atoms with Crippen LogP contribution in [0.25, 0.3) is 0 Å². The van der Waals surface area contributed by atoms with Gasteiger partial charge in [-0.2, -0.15) is 0 Å². The molecule has 2 rings (SSSR count). The van der Waals surface area contributed by atoms with Gasteiger partial charge in [0.25, 0.3) is 0 Å². The zero-order chi connectivity index (χ0) is 7.84. The molecule has 0 aromatic heterocycles. The summed E-state index contributed by atoms with van der Waals surface area (Å²) in [6.07, 6.45) is 3.96. The van der Waals surface area contributed by atoms with Crippen molar-refractivity contribution in [2.45, 2.75) is 44.2 Å². The zero-order valence-corrected chi connectivity index (χ0v) is 7.38. The van der Waals surface area contributed by atoms with Gasteiger partial charge in [0, 0.05) is 6.04 Å². The van der Waals surface area contributed by atoms with Crippen molar-refractivity contribution in [3.05, 3.63) is 0 Å². The van der Waals surface area contributed by atoms with E-state index in [1.165, 1.54) is 19.2 Å². The highest BCUT2D eigenvalue weighted by Crippen LogP contribution is 2.31. The van der Waals surface area contributed by atoms with Crippen molar-refractivity contribution in [1.82, 2.24) is 10.1 Å². The number of piperidine rings is 1. The molecule has 2 nitrogen and oxygen atoms in total. The van der Waals surface area contributed by atoms with E-state index in [2.05, 4.69) is 31.5 Å². The maximum Gasteiger partial charge on any atom is 0.210 e. The molecule has 61 valence electrons. The monoisotopic (exact) mass is 151 g/mol. The van der Waals surface area contributed by atoms with Crippen LogP contribution in [0.3, 0.4) is 0 Å². The molecule has 0 aromatic carbocycles. The molecule has 0 bridgehead atoms. The van der Waals surface area contributed by atoms with E-state index in [-0.39, 0.29) is 0 Å². The smallest absolute Gasteiger partial charge is 0.210 e. The van der Waals surface area contributed by atoms with E-state index in [0.29, 0.717) is 0 Å². The third-order valence-corrected chi connectivity index (χ3v) is 3.11. The molecule has 2 aliphatic rings. The minimum Gasteiger partial charge on any atom is -0.342 e. The average Bonchev–Trinajstić information content (AvgIpc) is 1.93. The normalized spacial score (nSPS) is 44.0. The van der Waals surface area contributed by atoms with Gasteiger partial charge < -0.3 is 10.1 Å². The van der Waals surface area contributed by atoms with Gasteiger partial charge in [0.15, 0.2) is 0 Å². The fourth-order valence-corrected chi connectivity index (χ4v) is 2.33. The molecule has 0 saturated carbocycles. The number of fused-ring (bicyclic) bond motifs is 1. The number of nitrogens with one attached hydrogen (secondary N) is 1. The molecule has 0 spiro atoms. The van der Waals surface area contributed by atoms with Gasteiger partial charge in [-0.05, 0) is 38.3 Å². The maximum absolute atomic E-state index is 3.38. The highest BCUT2D eigenvalue weighted by Gasteiger charge is 2.38. The first kappa shape index (κ1) is 7.62. The van der Waals surface area contributed by atoms with Gasteiger partial charge >= 0.3 is 0 Å². The second-order valence-electron chi connectivity index (χ2n) is 3.83. The topological polar surface area (TPSA) is 15.3 Å². The highest BCUT2D eigenvalue weighted by atomic mass is 15.2. The predicted molar refractivity (Wildman–Crippen MR) is 47.7 cm³/mol. The van der Waals surface area contributed by atoms with Gasteiger partial charge in [0.05, 0.1) is 0 Å². The fraction of sp³-hybridized carbons (Fsp3) is 1.00. The molecule has 3 heteroatoms. The van der Waals surface area contributed by atoms with E-state index >= 15 is 0 Å². The van der Waals surface area contributed by atoms with E-state index in [1.54, 1.807) is 0 Å². The summed E-state index contributed by atoms with van der Waals surface area (Å²) in [4.78, 5) is 2.52. The summed E-state index contributed by atoms with van der Waals surface area (Å²) in [5.74, 6) is 0. The minimum absolute atomic E-state index is 0.764. The van der Waals surface area contributed by atoms with Crippen LogP contribution in [0.1, 0.15) is 19.8 Å². The van der Waals surface area contributed by atoms with Crippen molar-refractivity contribution < 1.29 is 0 Å². The largest absolute Gasteiger partial charge is 0.342 e. The van der Waals surface area contributed by atoms with Crippen LogP contribution < -0.4 is 5.32 Å². The summed E-state index contributed by atoms with van der Waals surface area (Å²) in [6, 6.07) is 2.39. The molecule has 0 unspecified atom stereocenters. The Labute approximate surface area is 69.6 Å².